The number of likely N-dealkylation sites (tertiary alicyclic amines) is 1. The molecule has 0 aliphatic carbocycles. The van der Waals surface area contributed by atoms with Gasteiger partial charge in [-0.25, -0.2) is 0 Å². The van der Waals surface area contributed by atoms with Gasteiger partial charge < -0.3 is 25.0 Å². The molecule has 156 valence electrons. The summed E-state index contributed by atoms with van der Waals surface area (Å²) < 4.78 is 10.5. The van der Waals surface area contributed by atoms with Crippen LogP contribution >= 0.6 is 12.4 Å². The smallest absolute Gasteiger partial charge is 0.257 e. The molecule has 2 heterocycles. The van der Waals surface area contributed by atoms with Gasteiger partial charge in [0.15, 0.2) is 0 Å². The first kappa shape index (κ1) is 22.3. The molecule has 3 rings (SSSR count). The molecular weight excluding hydrogens is 382 g/mol. The molecule has 8 heteroatoms. The molecule has 7 nitrogen and oxygen atoms in total. The van der Waals surface area contributed by atoms with E-state index < -0.39 is 0 Å². The van der Waals surface area contributed by atoms with E-state index in [0.29, 0.717) is 36.1 Å². The Morgan fingerprint density at radius 1 is 1.18 bits per heavy atom. The Hall–Kier alpha value is -1.99. The van der Waals surface area contributed by atoms with Crippen LogP contribution in [0.2, 0.25) is 0 Å². The molecule has 0 spiro atoms. The van der Waals surface area contributed by atoms with E-state index in [4.69, 9.17) is 9.47 Å². The summed E-state index contributed by atoms with van der Waals surface area (Å²) in [6.07, 6.45) is 1.54. The van der Waals surface area contributed by atoms with Crippen molar-refractivity contribution in [3.8, 4) is 11.5 Å². The average molecular weight is 412 g/mol. The van der Waals surface area contributed by atoms with Gasteiger partial charge >= 0.3 is 0 Å². The summed E-state index contributed by atoms with van der Waals surface area (Å²) in [5.41, 5.74) is 0.534. The molecule has 28 heavy (non-hydrogen) atoms. The minimum atomic E-state index is -0.0480. The van der Waals surface area contributed by atoms with E-state index in [1.807, 2.05) is 11.8 Å². The fourth-order valence-corrected chi connectivity index (χ4v) is 3.58. The Bertz CT molecular complexity index is 688. The molecule has 1 aromatic rings. The monoisotopic (exact) mass is 411 g/mol. The van der Waals surface area contributed by atoms with E-state index in [1.165, 1.54) is 0 Å². The van der Waals surface area contributed by atoms with E-state index in [-0.39, 0.29) is 36.2 Å². The zero-order chi connectivity index (χ0) is 19.4. The molecule has 0 radical (unpaired) electrons. The fourth-order valence-electron chi connectivity index (χ4n) is 3.58. The maximum Gasteiger partial charge on any atom is 0.257 e. The van der Waals surface area contributed by atoms with Crippen LogP contribution in [-0.2, 0) is 4.79 Å². The number of hydrogen-bond acceptors (Lipinski definition) is 5. The zero-order valence-corrected chi connectivity index (χ0v) is 17.5. The van der Waals surface area contributed by atoms with Gasteiger partial charge in [-0.2, -0.15) is 0 Å². The molecule has 0 aromatic heterocycles. The lowest BCUT2D eigenvalue weighted by Gasteiger charge is -2.35. The van der Waals surface area contributed by atoms with Crippen molar-refractivity contribution in [3.05, 3.63) is 23.8 Å². The summed E-state index contributed by atoms with van der Waals surface area (Å²) in [6, 6.07) is 5.35. The molecule has 1 unspecified atom stereocenters. The van der Waals surface area contributed by atoms with Crippen LogP contribution in [0.15, 0.2) is 18.2 Å². The van der Waals surface area contributed by atoms with Crippen molar-refractivity contribution in [2.45, 2.75) is 25.8 Å². The first-order chi connectivity index (χ1) is 13.0. The fraction of sp³-hybridized carbons (Fsp3) is 0.600. The molecule has 2 aliphatic rings. The molecular formula is C20H30ClN3O4. The van der Waals surface area contributed by atoms with E-state index in [1.54, 1.807) is 32.4 Å². The van der Waals surface area contributed by atoms with Gasteiger partial charge in [-0.15, -0.1) is 12.4 Å². The molecule has 0 bridgehead atoms. The van der Waals surface area contributed by atoms with Crippen molar-refractivity contribution in [2.75, 3.05) is 40.4 Å². The lowest BCUT2D eigenvalue weighted by Crippen LogP contribution is -2.52. The lowest BCUT2D eigenvalue weighted by molar-refractivity contribution is -0.127. The summed E-state index contributed by atoms with van der Waals surface area (Å²) in [5, 5.41) is 6.37. The van der Waals surface area contributed by atoms with Crippen molar-refractivity contribution in [2.24, 2.45) is 11.8 Å². The molecule has 2 saturated heterocycles. The Morgan fingerprint density at radius 2 is 1.86 bits per heavy atom. The van der Waals surface area contributed by atoms with Crippen molar-refractivity contribution in [3.63, 3.8) is 0 Å². The van der Waals surface area contributed by atoms with Gasteiger partial charge in [0.05, 0.1) is 19.8 Å². The second kappa shape index (κ2) is 9.98. The minimum absolute atomic E-state index is 0. The first-order valence-electron chi connectivity index (χ1n) is 9.56. The van der Waals surface area contributed by atoms with Gasteiger partial charge in [0.1, 0.15) is 11.5 Å². The second-order valence-electron chi connectivity index (χ2n) is 7.35. The van der Waals surface area contributed by atoms with Crippen molar-refractivity contribution < 1.29 is 19.1 Å². The third-order valence-electron chi connectivity index (χ3n) is 5.70. The number of nitrogens with one attached hydrogen (secondary N) is 2. The third kappa shape index (κ3) is 4.89. The van der Waals surface area contributed by atoms with Gasteiger partial charge in [-0.1, -0.05) is 6.92 Å². The number of carbonyl (C=O) groups excluding carboxylic acids is 2. The standard InChI is InChI=1S/C20H29N3O4.ClH/c1-13(14-11-21-12-14)19(24)22-15-6-8-23(9-7-15)20(25)17-5-4-16(26-2)10-18(17)27-3;/h4-5,10,13-15,21H,6-9,11-12H2,1-3H3,(H,22,24);1H. The van der Waals surface area contributed by atoms with Gasteiger partial charge in [-0.05, 0) is 44.0 Å². The SMILES string of the molecule is COc1ccc(C(=O)N2CCC(NC(=O)C(C)C3CNC3)CC2)c(OC)c1.Cl. The maximum absolute atomic E-state index is 12.9. The minimum Gasteiger partial charge on any atom is -0.497 e. The molecule has 2 N–H and O–H groups in total. The number of piperidine rings is 1. The number of ether oxygens (including phenoxy) is 2. The van der Waals surface area contributed by atoms with Gasteiger partial charge in [0.2, 0.25) is 5.91 Å². The zero-order valence-electron chi connectivity index (χ0n) is 16.7. The molecule has 2 amide bonds. The highest BCUT2D eigenvalue weighted by Gasteiger charge is 2.31. The highest BCUT2D eigenvalue weighted by atomic mass is 35.5. The first-order valence-corrected chi connectivity index (χ1v) is 9.56. The molecule has 2 fully saturated rings. The Kier molecular flexibility index (Phi) is 7.95. The summed E-state index contributed by atoms with van der Waals surface area (Å²) >= 11 is 0. The van der Waals surface area contributed by atoms with Crippen molar-refractivity contribution in [1.29, 1.82) is 0 Å². The number of amides is 2. The summed E-state index contributed by atoms with van der Waals surface area (Å²) in [5.74, 6) is 1.72. The average Bonchev–Trinajstić information content (AvgIpc) is 2.66. The van der Waals surface area contributed by atoms with Gasteiger partial charge in [-0.3, -0.25) is 9.59 Å². The van der Waals surface area contributed by atoms with E-state index in [9.17, 15) is 9.59 Å². The molecule has 2 aliphatic heterocycles. The number of methoxy groups -OCH3 is 2. The van der Waals surface area contributed by atoms with E-state index in [0.717, 1.165) is 25.9 Å². The van der Waals surface area contributed by atoms with E-state index in [2.05, 4.69) is 10.6 Å². The quantitative estimate of drug-likeness (QED) is 0.744. The van der Waals surface area contributed by atoms with Crippen LogP contribution in [0.4, 0.5) is 0 Å². The van der Waals surface area contributed by atoms with Crippen molar-refractivity contribution >= 4 is 24.2 Å². The molecule has 0 saturated carbocycles. The van der Waals surface area contributed by atoms with Crippen molar-refractivity contribution in [1.82, 2.24) is 15.5 Å². The number of benzene rings is 1. The molecule has 1 aromatic carbocycles. The van der Waals surface area contributed by atoms with Gasteiger partial charge in [0.25, 0.3) is 5.91 Å². The number of carbonyl (C=O) groups is 2. The number of hydrogen-bond donors (Lipinski definition) is 2. The summed E-state index contributed by atoms with van der Waals surface area (Å²) in [6.45, 7) is 5.09. The van der Waals surface area contributed by atoms with Gasteiger partial charge in [0, 0.05) is 31.1 Å². The topological polar surface area (TPSA) is 79.9 Å². The highest BCUT2D eigenvalue weighted by Crippen LogP contribution is 2.27. The maximum atomic E-state index is 12.9. The number of nitrogens with zero attached hydrogens (tertiary/aromatic N) is 1. The van der Waals surface area contributed by atoms with Crippen LogP contribution in [0.3, 0.4) is 0 Å². The Labute approximate surface area is 172 Å². The number of halogens is 1. The van der Waals surface area contributed by atoms with Crippen LogP contribution in [0.5, 0.6) is 11.5 Å². The predicted molar refractivity (Wildman–Crippen MR) is 109 cm³/mol. The predicted octanol–water partition coefficient (Wildman–Crippen LogP) is 1.70. The summed E-state index contributed by atoms with van der Waals surface area (Å²) in [4.78, 5) is 27.1. The van der Waals surface area contributed by atoms with E-state index >= 15 is 0 Å². The van der Waals surface area contributed by atoms with Crippen LogP contribution < -0.4 is 20.1 Å². The summed E-state index contributed by atoms with van der Waals surface area (Å²) in [7, 11) is 3.13. The third-order valence-corrected chi connectivity index (χ3v) is 5.70. The van der Waals surface area contributed by atoms with Crippen LogP contribution in [0, 0.1) is 11.8 Å². The lowest BCUT2D eigenvalue weighted by atomic mass is 9.88. The Morgan fingerprint density at radius 3 is 2.39 bits per heavy atom. The highest BCUT2D eigenvalue weighted by molar-refractivity contribution is 5.97. The number of rotatable bonds is 6. The molecule has 1 atom stereocenters. The Balaban J connectivity index is 0.00000280. The normalized spacial score (nSPS) is 18.5. The van der Waals surface area contributed by atoms with Crippen LogP contribution in [0.1, 0.15) is 30.1 Å². The van der Waals surface area contributed by atoms with Crippen LogP contribution in [-0.4, -0.2) is 63.2 Å². The van der Waals surface area contributed by atoms with Crippen LogP contribution in [0.25, 0.3) is 0 Å². The second-order valence-corrected chi connectivity index (χ2v) is 7.35. The largest absolute Gasteiger partial charge is 0.497 e.